The van der Waals surface area contributed by atoms with Crippen molar-refractivity contribution >= 4 is 33.3 Å². The molecule has 0 radical (unpaired) electrons. The number of halogens is 1. The van der Waals surface area contributed by atoms with Crippen LogP contribution in [0.2, 0.25) is 0 Å². The van der Waals surface area contributed by atoms with Crippen LogP contribution in [0.15, 0.2) is 46.6 Å². The Labute approximate surface area is 130 Å². The Hall–Kier alpha value is -1.46. The molecule has 0 saturated heterocycles. The van der Waals surface area contributed by atoms with Crippen LogP contribution in [0.5, 0.6) is 0 Å². The third-order valence-electron chi connectivity index (χ3n) is 2.86. The summed E-state index contributed by atoms with van der Waals surface area (Å²) in [7, 11) is 0. The van der Waals surface area contributed by atoms with Gasteiger partial charge in [0.1, 0.15) is 0 Å². The number of allylic oxidation sites excluding steroid dienone is 1. The number of rotatable bonds is 4. The average Bonchev–Trinajstić information content (AvgIpc) is 2.84. The van der Waals surface area contributed by atoms with Crippen LogP contribution in [0.25, 0.3) is 16.5 Å². The summed E-state index contributed by atoms with van der Waals surface area (Å²) < 4.78 is 1.02. The number of hydrogen-bond acceptors (Lipinski definition) is 3. The summed E-state index contributed by atoms with van der Waals surface area (Å²) in [6.07, 6.45) is 1.66. The van der Waals surface area contributed by atoms with Crippen molar-refractivity contribution in [3.05, 3.63) is 61.6 Å². The molecule has 0 atom stereocenters. The molecule has 2 aromatic rings. The van der Waals surface area contributed by atoms with E-state index in [1.54, 1.807) is 17.4 Å². The summed E-state index contributed by atoms with van der Waals surface area (Å²) in [5, 5.41) is 11.0. The van der Waals surface area contributed by atoms with E-state index in [1.807, 2.05) is 50.2 Å². The zero-order valence-electron chi connectivity index (χ0n) is 11.2. The lowest BCUT2D eigenvalue weighted by Crippen LogP contribution is -2.04. The van der Waals surface area contributed by atoms with Crippen molar-refractivity contribution in [3.8, 4) is 10.4 Å². The molecule has 0 N–H and O–H groups in total. The van der Waals surface area contributed by atoms with Gasteiger partial charge in [0.25, 0.3) is 0 Å². The highest BCUT2D eigenvalue weighted by molar-refractivity contribution is 9.10. The molecule has 2 rings (SSSR count). The van der Waals surface area contributed by atoms with Gasteiger partial charge in [-0.2, -0.15) is 0 Å². The van der Waals surface area contributed by atoms with Gasteiger partial charge in [0.2, 0.25) is 5.70 Å². The van der Waals surface area contributed by atoms with Gasteiger partial charge in [-0.1, -0.05) is 48.0 Å². The summed E-state index contributed by atoms with van der Waals surface area (Å²) in [6, 6.07) is 11.9. The molecule has 20 heavy (non-hydrogen) atoms. The Balaban J connectivity index is 2.37. The highest BCUT2D eigenvalue weighted by atomic mass is 79.9. The van der Waals surface area contributed by atoms with Gasteiger partial charge < -0.3 is 0 Å². The van der Waals surface area contributed by atoms with Crippen LogP contribution in [0.4, 0.5) is 0 Å². The molecule has 104 valence electrons. The zero-order chi connectivity index (χ0) is 14.7. The predicted molar refractivity (Wildman–Crippen MR) is 87.3 cm³/mol. The van der Waals surface area contributed by atoms with Crippen molar-refractivity contribution in [1.82, 2.24) is 0 Å². The van der Waals surface area contributed by atoms with Gasteiger partial charge in [0.15, 0.2) is 0 Å². The molecule has 5 heteroatoms. The van der Waals surface area contributed by atoms with Crippen molar-refractivity contribution < 1.29 is 4.92 Å². The SMILES string of the molecule is CC(C)/C(=C/c1ccc(-c2ccccc2Br)s1)[N+](=O)[O-]. The summed E-state index contributed by atoms with van der Waals surface area (Å²) in [4.78, 5) is 12.7. The number of hydrogen-bond donors (Lipinski definition) is 0. The predicted octanol–water partition coefficient (Wildman–Crippen LogP) is 5.45. The Kier molecular flexibility index (Phi) is 4.73. The fourth-order valence-corrected chi connectivity index (χ4v) is 3.44. The quantitative estimate of drug-likeness (QED) is 0.542. The van der Waals surface area contributed by atoms with Gasteiger partial charge in [-0.15, -0.1) is 11.3 Å². The van der Waals surface area contributed by atoms with Gasteiger partial charge in [0, 0.05) is 31.8 Å². The molecule has 0 bridgehead atoms. The second-order valence-corrected chi connectivity index (χ2v) is 6.63. The highest BCUT2D eigenvalue weighted by Crippen LogP contribution is 2.34. The fourth-order valence-electron chi connectivity index (χ4n) is 1.81. The van der Waals surface area contributed by atoms with Crippen LogP contribution in [0, 0.1) is 16.0 Å². The van der Waals surface area contributed by atoms with E-state index >= 15 is 0 Å². The van der Waals surface area contributed by atoms with Crippen molar-refractivity contribution in [2.24, 2.45) is 5.92 Å². The van der Waals surface area contributed by atoms with Crippen LogP contribution in [0.3, 0.4) is 0 Å². The van der Waals surface area contributed by atoms with E-state index in [4.69, 9.17) is 0 Å². The second-order valence-electron chi connectivity index (χ2n) is 4.66. The first-order chi connectivity index (χ1) is 9.49. The Morgan fingerprint density at radius 1 is 1.30 bits per heavy atom. The molecule has 0 amide bonds. The molecule has 1 heterocycles. The minimum atomic E-state index is -0.303. The van der Waals surface area contributed by atoms with Crippen molar-refractivity contribution in [1.29, 1.82) is 0 Å². The first-order valence-electron chi connectivity index (χ1n) is 6.19. The Morgan fingerprint density at radius 3 is 2.60 bits per heavy atom. The number of nitrogens with zero attached hydrogens (tertiary/aromatic N) is 1. The van der Waals surface area contributed by atoms with Gasteiger partial charge >= 0.3 is 0 Å². The summed E-state index contributed by atoms with van der Waals surface area (Å²) in [6.45, 7) is 3.66. The van der Waals surface area contributed by atoms with E-state index in [1.165, 1.54) is 0 Å². The minimum Gasteiger partial charge on any atom is -0.259 e. The molecular formula is C15H14BrNO2S. The molecule has 3 nitrogen and oxygen atoms in total. The maximum Gasteiger partial charge on any atom is 0.250 e. The zero-order valence-corrected chi connectivity index (χ0v) is 13.6. The average molecular weight is 352 g/mol. The molecule has 0 unspecified atom stereocenters. The maximum absolute atomic E-state index is 11.0. The van der Waals surface area contributed by atoms with Crippen LogP contribution >= 0.6 is 27.3 Å². The molecule has 0 aliphatic carbocycles. The van der Waals surface area contributed by atoms with Gasteiger partial charge in [-0.3, -0.25) is 10.1 Å². The molecule has 0 spiro atoms. The van der Waals surface area contributed by atoms with Gasteiger partial charge in [-0.25, -0.2) is 0 Å². The van der Waals surface area contributed by atoms with E-state index < -0.39 is 0 Å². The van der Waals surface area contributed by atoms with Crippen LogP contribution in [0.1, 0.15) is 18.7 Å². The highest BCUT2D eigenvalue weighted by Gasteiger charge is 2.16. The summed E-state index contributed by atoms with van der Waals surface area (Å²) in [5.41, 5.74) is 1.34. The van der Waals surface area contributed by atoms with Crippen molar-refractivity contribution in [2.45, 2.75) is 13.8 Å². The molecule has 0 saturated carbocycles. The Morgan fingerprint density at radius 2 is 2.00 bits per heavy atom. The minimum absolute atomic E-state index is 0.0981. The summed E-state index contributed by atoms with van der Waals surface area (Å²) in [5.74, 6) is -0.0981. The third kappa shape index (κ3) is 3.35. The molecule has 0 aliphatic heterocycles. The van der Waals surface area contributed by atoms with Crippen molar-refractivity contribution in [3.63, 3.8) is 0 Å². The molecule has 0 fully saturated rings. The van der Waals surface area contributed by atoms with Crippen LogP contribution in [-0.4, -0.2) is 4.92 Å². The second kappa shape index (κ2) is 6.33. The number of thiophene rings is 1. The molecule has 1 aromatic carbocycles. The van der Waals surface area contributed by atoms with E-state index in [9.17, 15) is 10.1 Å². The first kappa shape index (κ1) is 14.9. The number of benzene rings is 1. The van der Waals surface area contributed by atoms with E-state index in [-0.39, 0.29) is 16.5 Å². The van der Waals surface area contributed by atoms with E-state index in [0.717, 1.165) is 19.8 Å². The Bertz CT molecular complexity index is 661. The van der Waals surface area contributed by atoms with Gasteiger partial charge in [-0.05, 0) is 18.2 Å². The third-order valence-corrected chi connectivity index (χ3v) is 4.62. The van der Waals surface area contributed by atoms with Crippen LogP contribution in [-0.2, 0) is 0 Å². The summed E-state index contributed by atoms with van der Waals surface area (Å²) >= 11 is 5.08. The van der Waals surface area contributed by atoms with Crippen molar-refractivity contribution in [2.75, 3.05) is 0 Å². The molecular weight excluding hydrogens is 338 g/mol. The lowest BCUT2D eigenvalue weighted by molar-refractivity contribution is -0.431. The first-order valence-corrected chi connectivity index (χ1v) is 7.80. The topological polar surface area (TPSA) is 43.1 Å². The monoisotopic (exact) mass is 351 g/mol. The lowest BCUT2D eigenvalue weighted by Gasteiger charge is -2.01. The fraction of sp³-hybridized carbons (Fsp3) is 0.200. The standard InChI is InChI=1S/C15H14BrNO2S/c1-10(2)14(17(18)19)9-11-7-8-15(20-11)12-5-3-4-6-13(12)16/h3-10H,1-2H3/b14-9-. The molecule has 1 aromatic heterocycles. The number of nitro groups is 1. The molecule has 0 aliphatic rings. The van der Waals surface area contributed by atoms with E-state index in [0.29, 0.717) is 0 Å². The largest absolute Gasteiger partial charge is 0.259 e. The van der Waals surface area contributed by atoms with E-state index in [2.05, 4.69) is 15.9 Å². The van der Waals surface area contributed by atoms with Crippen LogP contribution < -0.4 is 0 Å². The lowest BCUT2D eigenvalue weighted by atomic mass is 10.1. The van der Waals surface area contributed by atoms with Gasteiger partial charge in [0.05, 0.1) is 4.92 Å². The maximum atomic E-state index is 11.0. The normalized spacial score (nSPS) is 11.9. The smallest absolute Gasteiger partial charge is 0.250 e.